The van der Waals surface area contributed by atoms with E-state index < -0.39 is 15.9 Å². The molecule has 7 heteroatoms. The lowest BCUT2D eigenvalue weighted by molar-refractivity contribution is -0.120. The van der Waals surface area contributed by atoms with Crippen molar-refractivity contribution in [1.82, 2.24) is 5.32 Å². The molecular weight excluding hydrogens is 420 g/mol. The van der Waals surface area contributed by atoms with Crippen molar-refractivity contribution in [2.45, 2.75) is 24.8 Å². The molecule has 0 aliphatic heterocycles. The van der Waals surface area contributed by atoms with Crippen LogP contribution in [0.2, 0.25) is 5.02 Å². The van der Waals surface area contributed by atoms with E-state index in [1.165, 1.54) is 24.3 Å². The van der Waals surface area contributed by atoms with Crippen molar-refractivity contribution in [1.29, 1.82) is 0 Å². The minimum atomic E-state index is -3.96. The molecule has 3 aromatic carbocycles. The van der Waals surface area contributed by atoms with E-state index >= 15 is 0 Å². The first kappa shape index (κ1) is 21.9. The van der Waals surface area contributed by atoms with Crippen LogP contribution in [0.25, 0.3) is 0 Å². The van der Waals surface area contributed by atoms with Crippen LogP contribution in [0.4, 0.5) is 5.69 Å². The maximum absolute atomic E-state index is 13.3. The molecule has 0 bridgehead atoms. The SMILES string of the molecule is Cc1ccc([C@@H](C)NC(=O)CN(c2ccccc2)S(=O)(=O)c2ccc(Cl)cc2)cc1. The summed E-state index contributed by atoms with van der Waals surface area (Å²) in [6.07, 6.45) is 0. The summed E-state index contributed by atoms with van der Waals surface area (Å²) in [6.45, 7) is 3.51. The minimum absolute atomic E-state index is 0.0649. The molecule has 0 heterocycles. The first-order valence-electron chi connectivity index (χ1n) is 9.46. The number of carbonyl (C=O) groups is 1. The van der Waals surface area contributed by atoms with E-state index in [0.29, 0.717) is 10.7 Å². The molecule has 0 saturated heterocycles. The number of hydrogen-bond acceptors (Lipinski definition) is 3. The highest BCUT2D eigenvalue weighted by Gasteiger charge is 2.27. The molecule has 3 aromatic rings. The lowest BCUT2D eigenvalue weighted by atomic mass is 10.1. The van der Waals surface area contributed by atoms with E-state index in [1.54, 1.807) is 30.3 Å². The summed E-state index contributed by atoms with van der Waals surface area (Å²) in [5, 5.41) is 3.32. The number of para-hydroxylation sites is 1. The van der Waals surface area contributed by atoms with Crippen LogP contribution in [0.15, 0.2) is 83.8 Å². The maximum atomic E-state index is 13.3. The molecule has 1 atom stereocenters. The Morgan fingerprint density at radius 2 is 1.57 bits per heavy atom. The smallest absolute Gasteiger partial charge is 0.264 e. The number of anilines is 1. The van der Waals surface area contributed by atoms with Crippen LogP contribution in [-0.4, -0.2) is 20.9 Å². The average Bonchev–Trinajstić information content (AvgIpc) is 2.73. The van der Waals surface area contributed by atoms with Crippen molar-refractivity contribution < 1.29 is 13.2 Å². The van der Waals surface area contributed by atoms with Crippen molar-refractivity contribution in [3.05, 3.63) is 95.0 Å². The number of benzene rings is 3. The Kier molecular flexibility index (Phi) is 6.80. The average molecular weight is 443 g/mol. The zero-order valence-electron chi connectivity index (χ0n) is 16.7. The molecule has 0 unspecified atom stereocenters. The van der Waals surface area contributed by atoms with Gasteiger partial charge in [-0.05, 0) is 55.8 Å². The van der Waals surface area contributed by atoms with Gasteiger partial charge in [-0.1, -0.05) is 59.6 Å². The van der Waals surface area contributed by atoms with Gasteiger partial charge in [-0.3, -0.25) is 9.10 Å². The second kappa shape index (κ2) is 9.32. The van der Waals surface area contributed by atoms with Crippen LogP contribution in [0.3, 0.4) is 0 Å². The summed E-state index contributed by atoms with van der Waals surface area (Å²) >= 11 is 5.90. The van der Waals surface area contributed by atoms with E-state index in [2.05, 4.69) is 5.32 Å². The van der Waals surface area contributed by atoms with Crippen molar-refractivity contribution in [3.63, 3.8) is 0 Å². The zero-order valence-corrected chi connectivity index (χ0v) is 18.3. The first-order chi connectivity index (χ1) is 14.3. The Balaban J connectivity index is 1.85. The van der Waals surface area contributed by atoms with Crippen LogP contribution >= 0.6 is 11.6 Å². The van der Waals surface area contributed by atoms with Gasteiger partial charge in [0.25, 0.3) is 10.0 Å². The molecule has 0 aromatic heterocycles. The molecule has 3 rings (SSSR count). The summed E-state index contributed by atoms with van der Waals surface area (Å²) in [5.41, 5.74) is 2.48. The number of rotatable bonds is 7. The van der Waals surface area contributed by atoms with Crippen molar-refractivity contribution >= 4 is 33.2 Å². The highest BCUT2D eigenvalue weighted by atomic mass is 35.5. The molecule has 0 saturated carbocycles. The Labute approximate surface area is 182 Å². The Hall–Kier alpha value is -2.83. The van der Waals surface area contributed by atoms with Crippen molar-refractivity contribution in [2.24, 2.45) is 0 Å². The number of sulfonamides is 1. The Morgan fingerprint density at radius 3 is 2.17 bits per heavy atom. The number of hydrogen-bond donors (Lipinski definition) is 1. The van der Waals surface area contributed by atoms with Crippen molar-refractivity contribution in [2.75, 3.05) is 10.8 Å². The van der Waals surface area contributed by atoms with E-state index in [-0.39, 0.29) is 17.5 Å². The fourth-order valence-corrected chi connectivity index (χ4v) is 4.55. The highest BCUT2D eigenvalue weighted by molar-refractivity contribution is 7.92. The van der Waals surface area contributed by atoms with Gasteiger partial charge in [0, 0.05) is 5.02 Å². The molecule has 1 N–H and O–H groups in total. The van der Waals surface area contributed by atoms with Gasteiger partial charge in [0.1, 0.15) is 6.54 Å². The van der Waals surface area contributed by atoms with Crippen molar-refractivity contribution in [3.8, 4) is 0 Å². The normalized spacial score (nSPS) is 12.2. The first-order valence-corrected chi connectivity index (χ1v) is 11.3. The van der Waals surface area contributed by atoms with Crippen LogP contribution in [0.5, 0.6) is 0 Å². The standard InChI is InChI=1S/C23H23ClN2O3S/c1-17-8-10-19(11-9-17)18(2)25-23(27)16-26(21-6-4-3-5-7-21)30(28,29)22-14-12-20(24)13-15-22/h3-15,18H,16H2,1-2H3,(H,25,27)/t18-/m1/s1. The van der Waals surface area contributed by atoms with Crippen LogP contribution < -0.4 is 9.62 Å². The number of nitrogens with one attached hydrogen (secondary N) is 1. The molecule has 0 aliphatic carbocycles. The van der Waals surface area contributed by atoms with E-state index in [4.69, 9.17) is 11.6 Å². The van der Waals surface area contributed by atoms with Gasteiger partial charge in [-0.25, -0.2) is 8.42 Å². The predicted octanol–water partition coefficient (Wildman–Crippen LogP) is 4.72. The van der Waals surface area contributed by atoms with Crippen LogP contribution in [-0.2, 0) is 14.8 Å². The summed E-state index contributed by atoms with van der Waals surface area (Å²) < 4.78 is 27.7. The van der Waals surface area contributed by atoms with Gasteiger partial charge in [0.2, 0.25) is 5.91 Å². The number of halogens is 1. The fraction of sp³-hybridized carbons (Fsp3) is 0.174. The number of carbonyl (C=O) groups excluding carboxylic acids is 1. The minimum Gasteiger partial charge on any atom is -0.348 e. The van der Waals surface area contributed by atoms with Gasteiger partial charge >= 0.3 is 0 Å². The number of nitrogens with zero attached hydrogens (tertiary/aromatic N) is 1. The summed E-state index contributed by atoms with van der Waals surface area (Å²) in [5.74, 6) is -0.399. The molecule has 30 heavy (non-hydrogen) atoms. The second-order valence-electron chi connectivity index (χ2n) is 7.00. The topological polar surface area (TPSA) is 66.5 Å². The van der Waals surface area contributed by atoms with Crippen LogP contribution in [0.1, 0.15) is 24.1 Å². The molecule has 156 valence electrons. The quantitative estimate of drug-likeness (QED) is 0.575. The predicted molar refractivity (Wildman–Crippen MR) is 120 cm³/mol. The molecule has 0 aliphatic rings. The molecule has 0 radical (unpaired) electrons. The van der Waals surface area contributed by atoms with E-state index in [0.717, 1.165) is 15.4 Å². The van der Waals surface area contributed by atoms with E-state index in [9.17, 15) is 13.2 Å². The highest BCUT2D eigenvalue weighted by Crippen LogP contribution is 2.24. The maximum Gasteiger partial charge on any atom is 0.264 e. The summed E-state index contributed by atoms with van der Waals surface area (Å²) in [6, 6.07) is 22.0. The van der Waals surface area contributed by atoms with Gasteiger partial charge in [-0.15, -0.1) is 0 Å². The molecular formula is C23H23ClN2O3S. The van der Waals surface area contributed by atoms with Gasteiger partial charge in [-0.2, -0.15) is 0 Å². The molecule has 5 nitrogen and oxygen atoms in total. The summed E-state index contributed by atoms with van der Waals surface area (Å²) in [7, 11) is -3.96. The summed E-state index contributed by atoms with van der Waals surface area (Å²) in [4.78, 5) is 12.8. The number of aryl methyl sites for hydroxylation is 1. The largest absolute Gasteiger partial charge is 0.348 e. The van der Waals surface area contributed by atoms with Gasteiger partial charge in [0.05, 0.1) is 16.6 Å². The second-order valence-corrected chi connectivity index (χ2v) is 9.30. The third-order valence-corrected chi connectivity index (χ3v) is 6.73. The number of amides is 1. The third-order valence-electron chi connectivity index (χ3n) is 4.69. The molecule has 0 fully saturated rings. The van der Waals surface area contributed by atoms with E-state index in [1.807, 2.05) is 38.1 Å². The van der Waals surface area contributed by atoms with Gasteiger partial charge in [0.15, 0.2) is 0 Å². The molecule has 0 spiro atoms. The zero-order chi connectivity index (χ0) is 21.7. The Bertz CT molecular complexity index is 1100. The van der Waals surface area contributed by atoms with Crippen LogP contribution in [0, 0.1) is 6.92 Å². The monoisotopic (exact) mass is 442 g/mol. The lowest BCUT2D eigenvalue weighted by Gasteiger charge is -2.25. The van der Waals surface area contributed by atoms with Gasteiger partial charge < -0.3 is 5.32 Å². The molecule has 1 amide bonds. The third kappa shape index (κ3) is 5.20. The fourth-order valence-electron chi connectivity index (χ4n) is 3.00. The Morgan fingerprint density at radius 1 is 0.967 bits per heavy atom. The lowest BCUT2D eigenvalue weighted by Crippen LogP contribution is -2.41.